The third kappa shape index (κ3) is 1.85. The fourth-order valence-electron chi connectivity index (χ4n) is 2.45. The highest BCUT2D eigenvalue weighted by molar-refractivity contribution is 5.61. The number of ether oxygens (including phenoxy) is 1. The van der Waals surface area contributed by atoms with Crippen molar-refractivity contribution in [1.29, 1.82) is 5.26 Å². The van der Waals surface area contributed by atoms with Gasteiger partial charge in [-0.05, 0) is 0 Å². The molecule has 0 amide bonds. The molecule has 0 bridgehead atoms. The van der Waals surface area contributed by atoms with Gasteiger partial charge in [0, 0.05) is 0 Å². The highest BCUT2D eigenvalue weighted by Crippen LogP contribution is 2.44. The monoisotopic (exact) mass is 325 g/mol. The van der Waals surface area contributed by atoms with Gasteiger partial charge in [0.05, 0.1) is 12.8 Å². The molecule has 23 heavy (non-hydrogen) atoms. The van der Waals surface area contributed by atoms with Crippen LogP contribution in [0.3, 0.4) is 0 Å². The molecule has 1 saturated heterocycles. The number of halogens is 1. The lowest BCUT2D eigenvalue weighted by atomic mass is 9.96. The number of rotatable bonds is 2. The van der Waals surface area contributed by atoms with Gasteiger partial charge in [0.1, 0.15) is 17.9 Å². The Kier molecular flexibility index (Phi) is 3.13. The fraction of sp³-hybridized carbons (Fsp3) is 0.455. The van der Waals surface area contributed by atoms with Crippen LogP contribution in [-0.4, -0.2) is 59.4 Å². The van der Waals surface area contributed by atoms with Crippen molar-refractivity contribution in [1.82, 2.24) is 19.6 Å². The third-order valence-corrected chi connectivity index (χ3v) is 3.66. The lowest BCUT2D eigenvalue weighted by Gasteiger charge is -2.25. The van der Waals surface area contributed by atoms with E-state index in [1.807, 2.05) is 0 Å². The fourth-order valence-corrected chi connectivity index (χ4v) is 2.45. The summed E-state index contributed by atoms with van der Waals surface area (Å²) in [4.78, 5) is 7.49. The van der Waals surface area contributed by atoms with Crippen molar-refractivity contribution in [3.63, 3.8) is 0 Å². The summed E-state index contributed by atoms with van der Waals surface area (Å²) < 4.78 is 20.4. The van der Waals surface area contributed by atoms with Crippen molar-refractivity contribution >= 4 is 17.4 Å². The molecule has 12 heteroatoms. The smallest absolute Gasteiger partial charge is 0.248 e. The van der Waals surface area contributed by atoms with Crippen LogP contribution in [0.1, 0.15) is 5.69 Å². The van der Waals surface area contributed by atoms with E-state index in [2.05, 4.69) is 15.1 Å². The number of nitrogens with zero attached hydrogens (tertiary/aromatic N) is 5. The second kappa shape index (κ2) is 4.70. The Morgan fingerprint density at radius 2 is 2.22 bits per heavy atom. The van der Waals surface area contributed by atoms with Crippen molar-refractivity contribution in [2.75, 3.05) is 18.1 Å². The predicted octanol–water partition coefficient (Wildman–Crippen LogP) is -2.58. The molecule has 1 aliphatic heterocycles. The maximum absolute atomic E-state index is 14.5. The number of nitrogens with two attached hydrogens (primary N) is 2. The highest BCUT2D eigenvalue weighted by Gasteiger charge is 2.65. The van der Waals surface area contributed by atoms with E-state index < -0.39 is 30.3 Å². The van der Waals surface area contributed by atoms with Crippen molar-refractivity contribution in [2.45, 2.75) is 23.7 Å². The molecule has 0 unspecified atom stereocenters. The zero-order valence-corrected chi connectivity index (χ0v) is 11.5. The SMILES string of the molecule is N#C[C@]1(CO)O[C@@](O)(c2cnc3c(N)nc(N)nn23)[C@H](F)[C@@H]1O. The zero-order chi connectivity index (χ0) is 17.0. The molecule has 0 aliphatic carbocycles. The van der Waals surface area contributed by atoms with E-state index in [1.165, 1.54) is 6.07 Å². The van der Waals surface area contributed by atoms with Crippen LogP contribution < -0.4 is 11.5 Å². The van der Waals surface area contributed by atoms with Gasteiger partial charge in [0.25, 0.3) is 0 Å². The van der Waals surface area contributed by atoms with Crippen LogP contribution in [0.15, 0.2) is 6.20 Å². The lowest BCUT2D eigenvalue weighted by molar-refractivity contribution is -0.246. The normalized spacial score (nSPS) is 33.9. The summed E-state index contributed by atoms with van der Waals surface area (Å²) in [6.07, 6.45) is -3.58. The lowest BCUT2D eigenvalue weighted by Crippen LogP contribution is -2.44. The van der Waals surface area contributed by atoms with Gasteiger partial charge in [0.15, 0.2) is 17.6 Å². The first-order valence-electron chi connectivity index (χ1n) is 6.33. The molecule has 3 rings (SSSR count). The largest absolute Gasteiger partial charge is 0.392 e. The number of anilines is 2. The molecule has 0 radical (unpaired) electrons. The predicted molar refractivity (Wildman–Crippen MR) is 70.9 cm³/mol. The number of aromatic nitrogens is 4. The Bertz CT molecular complexity index is 823. The third-order valence-electron chi connectivity index (χ3n) is 3.66. The van der Waals surface area contributed by atoms with Gasteiger partial charge in [-0.1, -0.05) is 0 Å². The number of imidazole rings is 1. The van der Waals surface area contributed by atoms with E-state index in [9.17, 15) is 19.7 Å². The summed E-state index contributed by atoms with van der Waals surface area (Å²) in [5.41, 5.74) is 8.31. The number of hydrogen-bond acceptors (Lipinski definition) is 10. The average molecular weight is 325 g/mol. The van der Waals surface area contributed by atoms with E-state index in [0.29, 0.717) is 0 Å². The number of hydrogen-bond donors (Lipinski definition) is 5. The Hall–Kier alpha value is -2.59. The number of aliphatic hydroxyl groups excluding tert-OH is 2. The molecule has 0 spiro atoms. The van der Waals surface area contributed by atoms with Gasteiger partial charge in [-0.15, -0.1) is 5.10 Å². The molecule has 122 valence electrons. The Morgan fingerprint density at radius 3 is 2.78 bits per heavy atom. The molecular weight excluding hydrogens is 313 g/mol. The Labute approximate surface area is 127 Å². The van der Waals surface area contributed by atoms with Gasteiger partial charge < -0.3 is 31.5 Å². The van der Waals surface area contributed by atoms with Crippen molar-refractivity contribution in [2.24, 2.45) is 0 Å². The number of nitriles is 1. The molecular formula is C11H12FN7O4. The molecule has 1 fully saturated rings. The Morgan fingerprint density at radius 1 is 1.52 bits per heavy atom. The molecule has 7 N–H and O–H groups in total. The van der Waals surface area contributed by atoms with Gasteiger partial charge in [-0.25, -0.2) is 13.9 Å². The van der Waals surface area contributed by atoms with Crippen LogP contribution in [0.5, 0.6) is 0 Å². The van der Waals surface area contributed by atoms with Crippen molar-refractivity contribution in [3.05, 3.63) is 11.9 Å². The van der Waals surface area contributed by atoms with Crippen molar-refractivity contribution in [3.8, 4) is 6.07 Å². The number of alkyl halides is 1. The molecule has 0 saturated carbocycles. The molecule has 1 aliphatic rings. The van der Waals surface area contributed by atoms with Crippen LogP contribution >= 0.6 is 0 Å². The summed E-state index contributed by atoms with van der Waals surface area (Å²) >= 11 is 0. The van der Waals surface area contributed by atoms with Gasteiger partial charge in [-0.3, -0.25) is 0 Å². The first kappa shape index (κ1) is 15.3. The molecule has 11 nitrogen and oxygen atoms in total. The van der Waals surface area contributed by atoms with Crippen LogP contribution in [0.4, 0.5) is 16.2 Å². The second-order valence-corrected chi connectivity index (χ2v) is 5.04. The van der Waals surface area contributed by atoms with E-state index in [-0.39, 0.29) is 23.1 Å². The van der Waals surface area contributed by atoms with Crippen LogP contribution in [0.2, 0.25) is 0 Å². The summed E-state index contributed by atoms with van der Waals surface area (Å²) in [6, 6.07) is 1.46. The highest BCUT2D eigenvalue weighted by atomic mass is 19.1. The number of nitrogen functional groups attached to an aromatic ring is 2. The molecule has 2 aromatic rings. The van der Waals surface area contributed by atoms with Crippen LogP contribution in [0.25, 0.3) is 5.65 Å². The summed E-state index contributed by atoms with van der Waals surface area (Å²) in [5.74, 6) is -3.21. The maximum Gasteiger partial charge on any atom is 0.248 e. The molecule has 2 aromatic heterocycles. The van der Waals surface area contributed by atoms with Crippen molar-refractivity contribution < 1.29 is 24.4 Å². The summed E-state index contributed by atoms with van der Waals surface area (Å²) in [7, 11) is 0. The summed E-state index contributed by atoms with van der Waals surface area (Å²) in [5, 5.41) is 42.5. The van der Waals surface area contributed by atoms with Crippen LogP contribution in [-0.2, 0) is 10.5 Å². The maximum atomic E-state index is 14.5. The minimum atomic E-state index is -2.80. The van der Waals surface area contributed by atoms with E-state index in [1.54, 1.807) is 0 Å². The zero-order valence-electron chi connectivity index (χ0n) is 11.5. The molecule has 4 atom stereocenters. The minimum Gasteiger partial charge on any atom is -0.392 e. The first-order chi connectivity index (χ1) is 10.8. The van der Waals surface area contributed by atoms with E-state index >= 15 is 0 Å². The Balaban J connectivity index is 2.21. The summed E-state index contributed by atoms with van der Waals surface area (Å²) in [6.45, 7) is -1.04. The molecule has 3 heterocycles. The standard InChI is InChI=1S/C11H12FN7O4/c12-5-6(21)10(2-13,3-20)23-11(5,22)4-1-16-8-7(14)17-9(15)18-19(4)8/h1,5-6,20-22H,3H2,(H4,14,15,17,18)/t5-,6+,10-,11+/m1/s1. The first-order valence-corrected chi connectivity index (χ1v) is 6.33. The molecule has 0 aromatic carbocycles. The quantitative estimate of drug-likeness (QED) is 0.392. The van der Waals surface area contributed by atoms with Gasteiger partial charge in [0.2, 0.25) is 17.3 Å². The number of fused-ring (bicyclic) bond motifs is 1. The van der Waals surface area contributed by atoms with Crippen LogP contribution in [0, 0.1) is 11.3 Å². The van der Waals surface area contributed by atoms with E-state index in [4.69, 9.17) is 21.5 Å². The minimum absolute atomic E-state index is 0.0358. The number of aliphatic hydroxyl groups is 3. The second-order valence-electron chi connectivity index (χ2n) is 5.04. The average Bonchev–Trinajstić information content (AvgIpc) is 3.02. The van der Waals surface area contributed by atoms with E-state index in [0.717, 1.165) is 10.7 Å². The van der Waals surface area contributed by atoms with Gasteiger partial charge >= 0.3 is 0 Å². The van der Waals surface area contributed by atoms with Gasteiger partial charge in [-0.2, -0.15) is 10.2 Å². The topological polar surface area (TPSA) is 189 Å².